The predicted molar refractivity (Wildman–Crippen MR) is 111 cm³/mol. The van der Waals surface area contributed by atoms with E-state index in [0.29, 0.717) is 10.1 Å². The first-order valence-electron chi connectivity index (χ1n) is 8.43. The van der Waals surface area contributed by atoms with E-state index in [1.165, 1.54) is 16.9 Å². The maximum atomic E-state index is 12.8. The number of anilines is 1. The van der Waals surface area contributed by atoms with Crippen LogP contribution in [-0.4, -0.2) is 27.3 Å². The van der Waals surface area contributed by atoms with Gasteiger partial charge in [0, 0.05) is 0 Å². The number of carbonyl (C=O) groups is 1. The van der Waals surface area contributed by atoms with E-state index < -0.39 is 0 Å². The Morgan fingerprint density at radius 1 is 0.963 bits per heavy atom. The molecule has 1 atom stereocenters. The van der Waals surface area contributed by atoms with Gasteiger partial charge >= 0.3 is 159 Å². The zero-order valence-electron chi connectivity index (χ0n) is 14.4. The van der Waals surface area contributed by atoms with Gasteiger partial charge in [-0.25, -0.2) is 0 Å². The molecule has 4 rings (SSSR count). The van der Waals surface area contributed by atoms with Crippen molar-refractivity contribution in [1.29, 1.82) is 5.41 Å². The fourth-order valence-electron chi connectivity index (χ4n) is 3.04. The molecule has 1 unspecified atom stereocenters. The van der Waals surface area contributed by atoms with Gasteiger partial charge in [0.05, 0.1) is 0 Å². The second-order valence-corrected chi connectivity index (χ2v) is 7.42. The maximum absolute atomic E-state index is 12.8. The van der Waals surface area contributed by atoms with Crippen molar-refractivity contribution < 1.29 is 9.21 Å². The first kappa shape index (κ1) is 17.3. The molecule has 0 aliphatic rings. The minimum absolute atomic E-state index is 0.163. The molecule has 0 fully saturated rings. The summed E-state index contributed by atoms with van der Waals surface area (Å²) in [7, 11) is 0. The van der Waals surface area contributed by atoms with Gasteiger partial charge in [0.1, 0.15) is 0 Å². The topological polar surface area (TPSA) is 66.1 Å². The molecule has 0 spiro atoms. The van der Waals surface area contributed by atoms with Crippen molar-refractivity contribution in [2.45, 2.75) is 0 Å². The zero-order chi connectivity index (χ0) is 18.8. The van der Waals surface area contributed by atoms with E-state index in [4.69, 9.17) is 9.83 Å². The summed E-state index contributed by atoms with van der Waals surface area (Å²) in [4.78, 5) is 12.8. The Labute approximate surface area is 165 Å². The van der Waals surface area contributed by atoms with Crippen LogP contribution in [-0.2, 0) is 0 Å². The Kier molecular flexibility index (Phi) is 4.66. The van der Waals surface area contributed by atoms with Gasteiger partial charge < -0.3 is 0 Å². The Morgan fingerprint density at radius 2 is 1.78 bits per heavy atom. The third kappa shape index (κ3) is 3.57. The number of amides is 1. The van der Waals surface area contributed by atoms with Crippen molar-refractivity contribution in [3.05, 3.63) is 90.4 Å². The quantitative estimate of drug-likeness (QED) is 0.385. The van der Waals surface area contributed by atoms with E-state index in [2.05, 4.69) is 5.32 Å². The van der Waals surface area contributed by atoms with Crippen molar-refractivity contribution >= 4 is 43.7 Å². The fraction of sp³-hybridized carbons (Fsp3) is 0. The van der Waals surface area contributed by atoms with Crippen LogP contribution in [0.4, 0.5) is 5.69 Å². The minimum atomic E-state index is -0.163. The standard InChI is InChI=1S/C22H17AsN2O2/c23-21(24)15-7-6-14-10-17(22(26)25-18-4-2-1-3-5-18)12-20(19(14)11-15)16-8-9-27-13-16/h1-13,24H,23H2,(H,25,26). The predicted octanol–water partition coefficient (Wildman–Crippen LogP) is 4.31. The van der Waals surface area contributed by atoms with Gasteiger partial charge in [-0.2, -0.15) is 0 Å². The van der Waals surface area contributed by atoms with Crippen molar-refractivity contribution in [1.82, 2.24) is 0 Å². The molecule has 0 aliphatic heterocycles. The molecule has 0 saturated heterocycles. The van der Waals surface area contributed by atoms with Crippen molar-refractivity contribution in [3.8, 4) is 11.1 Å². The summed E-state index contributed by atoms with van der Waals surface area (Å²) in [5.74, 6) is -0.163. The van der Waals surface area contributed by atoms with Crippen LogP contribution in [0.2, 0.25) is 0 Å². The number of hydrogen-bond acceptors (Lipinski definition) is 3. The molecule has 2 N–H and O–H groups in total. The molecule has 4 aromatic rings. The second-order valence-electron chi connectivity index (χ2n) is 6.21. The molecule has 132 valence electrons. The zero-order valence-corrected chi connectivity index (χ0v) is 16.8. The number of rotatable bonds is 4. The summed E-state index contributed by atoms with van der Waals surface area (Å²) in [6.45, 7) is 0. The number of fused-ring (bicyclic) bond motifs is 1. The average Bonchev–Trinajstić information content (AvgIpc) is 3.22. The summed E-state index contributed by atoms with van der Waals surface area (Å²) in [5.41, 5.74) is 4.03. The second kappa shape index (κ2) is 7.26. The molecule has 1 amide bonds. The molecule has 3 aromatic carbocycles. The third-order valence-corrected chi connectivity index (χ3v) is 5.09. The SMILES string of the molecule is N=C([AsH2])c1ccc2cc(C(=O)Nc3ccccc3)cc(-c3ccoc3)c2c1. The molecule has 27 heavy (non-hydrogen) atoms. The van der Waals surface area contributed by atoms with Crippen molar-refractivity contribution in [2.24, 2.45) is 0 Å². The normalized spacial score (nSPS) is 10.7. The van der Waals surface area contributed by atoms with Crippen LogP contribution >= 0.6 is 0 Å². The summed E-state index contributed by atoms with van der Waals surface area (Å²) in [5, 5.41) is 12.8. The molecule has 0 radical (unpaired) electrons. The number of hydrogen-bond donors (Lipinski definition) is 2. The number of furan rings is 1. The Balaban J connectivity index is 1.84. The van der Waals surface area contributed by atoms with Crippen LogP contribution in [0, 0.1) is 5.41 Å². The summed E-state index contributed by atoms with van der Waals surface area (Å²) in [6.07, 6.45) is 3.29. The molecule has 1 heterocycles. The van der Waals surface area contributed by atoms with Crippen LogP contribution in [0.15, 0.2) is 83.7 Å². The van der Waals surface area contributed by atoms with E-state index in [1.54, 1.807) is 12.5 Å². The van der Waals surface area contributed by atoms with Crippen LogP contribution in [0.25, 0.3) is 21.9 Å². The molecule has 0 bridgehead atoms. The summed E-state index contributed by atoms with van der Waals surface area (Å²) in [6, 6.07) is 20.9. The third-order valence-electron chi connectivity index (χ3n) is 4.39. The molecule has 1 aromatic heterocycles. The molecule has 0 saturated carbocycles. The number of nitrogens with one attached hydrogen (secondary N) is 2. The molecule has 4 nitrogen and oxygen atoms in total. The van der Waals surface area contributed by atoms with Gasteiger partial charge in [-0.15, -0.1) is 0 Å². The van der Waals surface area contributed by atoms with Crippen LogP contribution in [0.3, 0.4) is 0 Å². The van der Waals surface area contributed by atoms with Gasteiger partial charge in [0.25, 0.3) is 0 Å². The molecule has 0 aliphatic carbocycles. The van der Waals surface area contributed by atoms with E-state index in [0.717, 1.165) is 33.2 Å². The van der Waals surface area contributed by atoms with E-state index in [-0.39, 0.29) is 5.91 Å². The molecular formula is C22H17AsN2O2. The van der Waals surface area contributed by atoms with Crippen LogP contribution < -0.4 is 5.32 Å². The van der Waals surface area contributed by atoms with Crippen LogP contribution in [0.1, 0.15) is 15.9 Å². The molecule has 5 heteroatoms. The summed E-state index contributed by atoms with van der Waals surface area (Å²) >= 11 is 1.28. The summed E-state index contributed by atoms with van der Waals surface area (Å²) < 4.78 is 5.82. The number of benzene rings is 3. The van der Waals surface area contributed by atoms with Crippen molar-refractivity contribution in [3.63, 3.8) is 0 Å². The van der Waals surface area contributed by atoms with Gasteiger partial charge in [0.2, 0.25) is 0 Å². The fourth-order valence-corrected chi connectivity index (χ4v) is 3.41. The Morgan fingerprint density at radius 3 is 2.48 bits per heavy atom. The van der Waals surface area contributed by atoms with Crippen molar-refractivity contribution in [2.75, 3.05) is 5.32 Å². The average molecular weight is 416 g/mol. The van der Waals surface area contributed by atoms with E-state index in [1.807, 2.05) is 66.7 Å². The van der Waals surface area contributed by atoms with E-state index in [9.17, 15) is 4.79 Å². The van der Waals surface area contributed by atoms with Gasteiger partial charge in [-0.3, -0.25) is 0 Å². The molecular weight excluding hydrogens is 399 g/mol. The van der Waals surface area contributed by atoms with Gasteiger partial charge in [0.15, 0.2) is 0 Å². The Hall–Kier alpha value is -3.10. The van der Waals surface area contributed by atoms with E-state index >= 15 is 0 Å². The monoisotopic (exact) mass is 416 g/mol. The first-order valence-corrected chi connectivity index (χ1v) is 9.64. The van der Waals surface area contributed by atoms with Crippen LogP contribution in [0.5, 0.6) is 0 Å². The Bertz CT molecular complexity index is 1140. The number of carbonyl (C=O) groups excluding carboxylic acids is 1. The van der Waals surface area contributed by atoms with Gasteiger partial charge in [-0.1, -0.05) is 6.07 Å². The first-order chi connectivity index (χ1) is 13.1. The number of para-hydroxylation sites is 1. The van der Waals surface area contributed by atoms with Gasteiger partial charge in [-0.05, 0) is 0 Å².